The maximum absolute atomic E-state index is 13.6. The third-order valence-corrected chi connectivity index (χ3v) is 5.85. The molecule has 1 aromatic carbocycles. The summed E-state index contributed by atoms with van der Waals surface area (Å²) in [6.45, 7) is 9.59. The zero-order chi connectivity index (χ0) is 19.7. The van der Waals surface area contributed by atoms with Gasteiger partial charge in [-0.3, -0.25) is 0 Å². The Hall–Kier alpha value is -1.49. The molecule has 4 atom stereocenters. The molecule has 0 heterocycles. The van der Waals surface area contributed by atoms with Gasteiger partial charge in [0.05, 0.1) is 7.11 Å². The van der Waals surface area contributed by atoms with Gasteiger partial charge in [-0.05, 0) is 60.8 Å². The van der Waals surface area contributed by atoms with E-state index < -0.39 is 18.2 Å². The lowest BCUT2D eigenvalue weighted by molar-refractivity contribution is -0.265. The number of halogens is 3. The van der Waals surface area contributed by atoms with Gasteiger partial charge in [0.1, 0.15) is 5.75 Å². The van der Waals surface area contributed by atoms with Gasteiger partial charge in [-0.1, -0.05) is 26.3 Å². The van der Waals surface area contributed by atoms with E-state index in [0.29, 0.717) is 17.8 Å². The van der Waals surface area contributed by atoms with Crippen LogP contribution in [0.25, 0.3) is 0 Å². The van der Waals surface area contributed by atoms with Crippen molar-refractivity contribution in [1.29, 1.82) is 0 Å². The Balaban J connectivity index is 2.36. The minimum Gasteiger partial charge on any atom is -0.496 e. The number of aryl methyl sites for hydroxylation is 1. The zero-order valence-electron chi connectivity index (χ0n) is 16.0. The number of hydrogen-bond acceptors (Lipinski definition) is 2. The minimum atomic E-state index is -4.82. The van der Waals surface area contributed by atoms with E-state index in [0.717, 1.165) is 30.0 Å². The Morgan fingerprint density at radius 2 is 2.04 bits per heavy atom. The highest BCUT2D eigenvalue weighted by Crippen LogP contribution is 2.49. The fourth-order valence-electron chi connectivity index (χ4n) is 3.82. The number of ether oxygens (including phenoxy) is 1. The molecule has 1 aliphatic carbocycles. The van der Waals surface area contributed by atoms with Crippen LogP contribution in [-0.4, -0.2) is 18.4 Å². The van der Waals surface area contributed by atoms with Gasteiger partial charge in [-0.15, -0.1) is 6.58 Å². The van der Waals surface area contributed by atoms with E-state index in [9.17, 15) is 18.3 Å². The van der Waals surface area contributed by atoms with E-state index in [4.69, 9.17) is 4.74 Å². The Morgan fingerprint density at radius 1 is 1.38 bits per heavy atom. The number of hydrogen-bond donors (Lipinski definition) is 1. The predicted octanol–water partition coefficient (Wildman–Crippen LogP) is 5.55. The van der Waals surface area contributed by atoms with Crippen molar-refractivity contribution in [3.8, 4) is 5.75 Å². The topological polar surface area (TPSA) is 29.5 Å². The molecule has 0 saturated heterocycles. The quantitative estimate of drug-likeness (QED) is 0.608. The Labute approximate surface area is 154 Å². The summed E-state index contributed by atoms with van der Waals surface area (Å²) < 4.78 is 45.9. The SMILES string of the molecule is C=CCC(O)(c1cc(C)c(CC2CC2C(C)CC)cc1OC)C(F)(F)F. The number of benzene rings is 1. The molecule has 1 N–H and O–H groups in total. The van der Waals surface area contributed by atoms with Crippen LogP contribution in [0.3, 0.4) is 0 Å². The van der Waals surface area contributed by atoms with Crippen molar-refractivity contribution in [2.24, 2.45) is 17.8 Å². The second-order valence-electron chi connectivity index (χ2n) is 7.58. The first-order valence-electron chi connectivity index (χ1n) is 9.17. The highest BCUT2D eigenvalue weighted by Gasteiger charge is 2.55. The van der Waals surface area contributed by atoms with Crippen LogP contribution in [0, 0.1) is 24.7 Å². The number of aliphatic hydroxyl groups is 1. The van der Waals surface area contributed by atoms with Crippen LogP contribution < -0.4 is 4.74 Å². The van der Waals surface area contributed by atoms with Gasteiger partial charge < -0.3 is 9.84 Å². The first-order valence-corrected chi connectivity index (χ1v) is 9.17. The number of alkyl halides is 3. The molecule has 0 bridgehead atoms. The molecule has 1 aromatic rings. The first kappa shape index (κ1) is 20.8. The van der Waals surface area contributed by atoms with Crippen LogP contribution >= 0.6 is 0 Å². The molecule has 5 heteroatoms. The van der Waals surface area contributed by atoms with Gasteiger partial charge in [0.25, 0.3) is 0 Å². The second-order valence-corrected chi connectivity index (χ2v) is 7.58. The molecule has 1 fully saturated rings. The molecule has 0 amide bonds. The maximum atomic E-state index is 13.6. The summed E-state index contributed by atoms with van der Waals surface area (Å²) in [5, 5.41) is 10.4. The van der Waals surface area contributed by atoms with Crippen molar-refractivity contribution >= 4 is 0 Å². The lowest BCUT2D eigenvalue weighted by Gasteiger charge is -2.32. The van der Waals surface area contributed by atoms with E-state index >= 15 is 0 Å². The predicted molar refractivity (Wildman–Crippen MR) is 97.3 cm³/mol. The average Bonchev–Trinajstić information content (AvgIpc) is 3.34. The molecule has 0 aliphatic heterocycles. The molecule has 0 spiro atoms. The van der Waals surface area contributed by atoms with Crippen molar-refractivity contribution in [2.45, 2.75) is 58.2 Å². The molecular formula is C21H29F3O2. The highest BCUT2D eigenvalue weighted by atomic mass is 19.4. The van der Waals surface area contributed by atoms with Gasteiger partial charge in [0.15, 0.2) is 5.60 Å². The van der Waals surface area contributed by atoms with Crippen LogP contribution in [0.1, 0.15) is 49.8 Å². The van der Waals surface area contributed by atoms with Gasteiger partial charge in [0.2, 0.25) is 0 Å². The smallest absolute Gasteiger partial charge is 0.421 e. The highest BCUT2D eigenvalue weighted by molar-refractivity contribution is 5.47. The molecular weight excluding hydrogens is 341 g/mol. The molecule has 0 aromatic heterocycles. The molecule has 146 valence electrons. The van der Waals surface area contributed by atoms with E-state index in [-0.39, 0.29) is 11.3 Å². The van der Waals surface area contributed by atoms with Crippen molar-refractivity contribution in [3.05, 3.63) is 41.5 Å². The van der Waals surface area contributed by atoms with E-state index in [1.54, 1.807) is 13.0 Å². The molecule has 1 saturated carbocycles. The molecule has 1 aliphatic rings. The summed E-state index contributed by atoms with van der Waals surface area (Å²) in [6.07, 6.45) is -1.21. The normalized spacial score (nSPS) is 23.2. The first-order chi connectivity index (χ1) is 12.1. The Kier molecular flexibility index (Phi) is 6.11. The van der Waals surface area contributed by atoms with E-state index in [1.165, 1.54) is 19.6 Å². The van der Waals surface area contributed by atoms with Crippen LogP contribution in [0.15, 0.2) is 24.8 Å². The summed E-state index contributed by atoms with van der Waals surface area (Å²) in [5.74, 6) is 2.02. The lowest BCUT2D eigenvalue weighted by Crippen LogP contribution is -2.42. The molecule has 2 nitrogen and oxygen atoms in total. The van der Waals surface area contributed by atoms with Crippen LogP contribution in [0.2, 0.25) is 0 Å². The van der Waals surface area contributed by atoms with Crippen molar-refractivity contribution in [3.63, 3.8) is 0 Å². The maximum Gasteiger partial charge on any atom is 0.421 e. The standard InChI is InChI=1S/C21H29F3O2/c1-6-8-20(25,21(22,23)24)18-9-14(4)15(12-19(18)26-5)10-16-11-17(16)13(3)7-2/h6,9,12-13,16-17,25H,1,7-8,10-11H2,2-5H3. The second kappa shape index (κ2) is 7.63. The average molecular weight is 370 g/mol. The zero-order valence-corrected chi connectivity index (χ0v) is 16.0. The monoisotopic (exact) mass is 370 g/mol. The van der Waals surface area contributed by atoms with Gasteiger partial charge in [-0.2, -0.15) is 13.2 Å². The fraction of sp³-hybridized carbons (Fsp3) is 0.619. The summed E-state index contributed by atoms with van der Waals surface area (Å²) in [7, 11) is 1.34. The molecule has 26 heavy (non-hydrogen) atoms. The van der Waals surface area contributed by atoms with Gasteiger partial charge >= 0.3 is 6.18 Å². The Bertz CT molecular complexity index is 653. The summed E-state index contributed by atoms with van der Waals surface area (Å²) in [4.78, 5) is 0. The third kappa shape index (κ3) is 3.93. The minimum absolute atomic E-state index is 0.0769. The fourth-order valence-corrected chi connectivity index (χ4v) is 3.82. The summed E-state index contributed by atoms with van der Waals surface area (Å²) >= 11 is 0. The van der Waals surface area contributed by atoms with Crippen molar-refractivity contribution in [1.82, 2.24) is 0 Å². The van der Waals surface area contributed by atoms with E-state index in [1.807, 2.05) is 0 Å². The van der Waals surface area contributed by atoms with Gasteiger partial charge in [0, 0.05) is 12.0 Å². The molecule has 2 rings (SSSR count). The lowest BCUT2D eigenvalue weighted by atomic mass is 9.86. The number of rotatable bonds is 8. The third-order valence-electron chi connectivity index (χ3n) is 5.85. The molecule has 0 radical (unpaired) electrons. The summed E-state index contributed by atoms with van der Waals surface area (Å²) in [5.41, 5.74) is -1.50. The van der Waals surface area contributed by atoms with Crippen molar-refractivity contribution < 1.29 is 23.0 Å². The van der Waals surface area contributed by atoms with E-state index in [2.05, 4.69) is 20.4 Å². The van der Waals surface area contributed by atoms with Crippen LogP contribution in [-0.2, 0) is 12.0 Å². The van der Waals surface area contributed by atoms with Crippen molar-refractivity contribution in [2.75, 3.05) is 7.11 Å². The largest absolute Gasteiger partial charge is 0.496 e. The molecule has 4 unspecified atom stereocenters. The van der Waals surface area contributed by atoms with Crippen LogP contribution in [0.4, 0.5) is 13.2 Å². The van der Waals surface area contributed by atoms with Crippen LogP contribution in [0.5, 0.6) is 5.75 Å². The number of methoxy groups -OCH3 is 1. The summed E-state index contributed by atoms with van der Waals surface area (Å²) in [6, 6.07) is 3.09. The Morgan fingerprint density at radius 3 is 2.54 bits per heavy atom. The van der Waals surface area contributed by atoms with Gasteiger partial charge in [-0.25, -0.2) is 0 Å².